The van der Waals surface area contributed by atoms with Crippen molar-refractivity contribution in [3.63, 3.8) is 0 Å². The molecule has 1 saturated carbocycles. The van der Waals surface area contributed by atoms with Crippen LogP contribution in [0.5, 0.6) is 0 Å². The standard InChI is InChI=1S/C13H15BrClNO/c14-12-4-2-1-3-10(12)9-16(11-5-6-11)13(17)7-8-15/h1-4,11H,5-9H2. The van der Waals surface area contributed by atoms with Crippen LogP contribution in [0, 0.1) is 0 Å². The minimum atomic E-state index is 0.165. The van der Waals surface area contributed by atoms with Gasteiger partial charge in [0, 0.05) is 29.4 Å². The zero-order valence-electron chi connectivity index (χ0n) is 9.53. The molecule has 0 N–H and O–H groups in total. The van der Waals surface area contributed by atoms with Crippen LogP contribution < -0.4 is 0 Å². The number of carbonyl (C=O) groups is 1. The van der Waals surface area contributed by atoms with Crippen LogP contribution in [-0.4, -0.2) is 22.7 Å². The van der Waals surface area contributed by atoms with E-state index in [1.807, 2.05) is 29.2 Å². The summed E-state index contributed by atoms with van der Waals surface area (Å²) in [6.07, 6.45) is 2.68. The van der Waals surface area contributed by atoms with Crippen LogP contribution >= 0.6 is 27.5 Å². The summed E-state index contributed by atoms with van der Waals surface area (Å²) in [7, 11) is 0. The Morgan fingerprint density at radius 2 is 2.12 bits per heavy atom. The van der Waals surface area contributed by atoms with Crippen LogP contribution in [0.1, 0.15) is 24.8 Å². The lowest BCUT2D eigenvalue weighted by Gasteiger charge is -2.22. The van der Waals surface area contributed by atoms with Gasteiger partial charge in [-0.2, -0.15) is 0 Å². The summed E-state index contributed by atoms with van der Waals surface area (Å²) in [5.41, 5.74) is 1.15. The van der Waals surface area contributed by atoms with E-state index in [4.69, 9.17) is 11.6 Å². The van der Waals surface area contributed by atoms with Gasteiger partial charge in [-0.3, -0.25) is 4.79 Å². The van der Waals surface area contributed by atoms with Crippen molar-refractivity contribution < 1.29 is 4.79 Å². The van der Waals surface area contributed by atoms with Crippen molar-refractivity contribution >= 4 is 33.4 Å². The van der Waals surface area contributed by atoms with Crippen molar-refractivity contribution in [2.75, 3.05) is 5.88 Å². The molecule has 2 nitrogen and oxygen atoms in total. The molecule has 92 valence electrons. The fourth-order valence-electron chi connectivity index (χ4n) is 1.84. The van der Waals surface area contributed by atoms with Crippen LogP contribution in [0.2, 0.25) is 0 Å². The van der Waals surface area contributed by atoms with Crippen LogP contribution in [0.15, 0.2) is 28.7 Å². The molecule has 0 heterocycles. The predicted octanol–water partition coefficient (Wildman–Crippen LogP) is 3.57. The molecule has 0 radical (unpaired) electrons. The van der Waals surface area contributed by atoms with E-state index in [0.717, 1.165) is 22.9 Å². The van der Waals surface area contributed by atoms with Crippen molar-refractivity contribution in [2.24, 2.45) is 0 Å². The number of hydrogen-bond acceptors (Lipinski definition) is 1. The van der Waals surface area contributed by atoms with Gasteiger partial charge < -0.3 is 4.90 Å². The average Bonchev–Trinajstić information content (AvgIpc) is 3.12. The Hall–Kier alpha value is -0.540. The molecule has 0 saturated heterocycles. The largest absolute Gasteiger partial charge is 0.335 e. The number of amides is 1. The Morgan fingerprint density at radius 1 is 1.41 bits per heavy atom. The molecule has 0 atom stereocenters. The summed E-state index contributed by atoms with van der Waals surface area (Å²) >= 11 is 9.16. The monoisotopic (exact) mass is 315 g/mol. The SMILES string of the molecule is O=C(CCCl)N(Cc1ccccc1Br)C1CC1. The topological polar surface area (TPSA) is 20.3 Å². The molecule has 0 aromatic heterocycles. The zero-order valence-corrected chi connectivity index (χ0v) is 11.9. The quantitative estimate of drug-likeness (QED) is 0.761. The molecule has 0 aliphatic heterocycles. The Balaban J connectivity index is 2.08. The summed E-state index contributed by atoms with van der Waals surface area (Å²) in [6.45, 7) is 0.682. The van der Waals surface area contributed by atoms with Gasteiger partial charge in [0.15, 0.2) is 0 Å². The Morgan fingerprint density at radius 3 is 2.71 bits per heavy atom. The fourth-order valence-corrected chi connectivity index (χ4v) is 2.41. The minimum Gasteiger partial charge on any atom is -0.335 e. The number of benzene rings is 1. The second kappa shape index (κ2) is 5.87. The summed E-state index contributed by atoms with van der Waals surface area (Å²) in [5.74, 6) is 0.566. The van der Waals surface area contributed by atoms with Gasteiger partial charge in [0.25, 0.3) is 0 Å². The van der Waals surface area contributed by atoms with Crippen LogP contribution in [0.3, 0.4) is 0 Å². The van der Waals surface area contributed by atoms with Gasteiger partial charge in [-0.05, 0) is 24.5 Å². The third-order valence-corrected chi connectivity index (χ3v) is 3.88. The highest BCUT2D eigenvalue weighted by Gasteiger charge is 2.32. The van der Waals surface area contributed by atoms with E-state index in [0.29, 0.717) is 24.9 Å². The highest BCUT2D eigenvalue weighted by molar-refractivity contribution is 9.10. The number of alkyl halides is 1. The maximum atomic E-state index is 12.0. The Kier molecular flexibility index (Phi) is 4.46. The van der Waals surface area contributed by atoms with Crippen LogP contribution in [0.4, 0.5) is 0 Å². The molecule has 1 aromatic carbocycles. The third kappa shape index (κ3) is 3.46. The molecule has 1 aromatic rings. The average molecular weight is 317 g/mol. The summed E-state index contributed by atoms with van der Waals surface area (Å²) in [5, 5.41) is 0. The second-order valence-electron chi connectivity index (χ2n) is 4.28. The van der Waals surface area contributed by atoms with E-state index in [2.05, 4.69) is 15.9 Å². The highest BCUT2D eigenvalue weighted by atomic mass is 79.9. The normalized spacial score (nSPS) is 14.7. The molecule has 1 aliphatic rings. The van der Waals surface area contributed by atoms with E-state index in [-0.39, 0.29) is 5.91 Å². The van der Waals surface area contributed by atoms with Gasteiger partial charge in [0.1, 0.15) is 0 Å². The van der Waals surface area contributed by atoms with E-state index in [1.165, 1.54) is 0 Å². The molecule has 1 aliphatic carbocycles. The summed E-state index contributed by atoms with van der Waals surface area (Å²) in [6, 6.07) is 8.46. The fraction of sp³-hybridized carbons (Fsp3) is 0.462. The van der Waals surface area contributed by atoms with Crippen molar-refractivity contribution in [3.05, 3.63) is 34.3 Å². The minimum absolute atomic E-state index is 0.165. The van der Waals surface area contributed by atoms with Gasteiger partial charge in [0.2, 0.25) is 5.91 Å². The molecule has 0 spiro atoms. The number of rotatable bonds is 5. The number of nitrogens with zero attached hydrogens (tertiary/aromatic N) is 1. The van der Waals surface area contributed by atoms with Crippen LogP contribution in [-0.2, 0) is 11.3 Å². The number of hydrogen-bond donors (Lipinski definition) is 0. The van der Waals surface area contributed by atoms with Crippen molar-refractivity contribution in [2.45, 2.75) is 31.8 Å². The first kappa shape index (κ1) is 12.9. The van der Waals surface area contributed by atoms with E-state index < -0.39 is 0 Å². The van der Waals surface area contributed by atoms with Gasteiger partial charge >= 0.3 is 0 Å². The Labute approximate surface area is 115 Å². The molecule has 1 amide bonds. The van der Waals surface area contributed by atoms with E-state index in [1.54, 1.807) is 0 Å². The lowest BCUT2D eigenvalue weighted by molar-refractivity contribution is -0.132. The molecular weight excluding hydrogens is 302 g/mol. The van der Waals surface area contributed by atoms with Gasteiger partial charge in [0.05, 0.1) is 0 Å². The number of carbonyl (C=O) groups excluding carboxylic acids is 1. The molecule has 17 heavy (non-hydrogen) atoms. The maximum Gasteiger partial charge on any atom is 0.224 e. The lowest BCUT2D eigenvalue weighted by atomic mass is 10.2. The molecule has 1 fully saturated rings. The van der Waals surface area contributed by atoms with Crippen molar-refractivity contribution in [1.29, 1.82) is 0 Å². The lowest BCUT2D eigenvalue weighted by Crippen LogP contribution is -2.32. The molecule has 2 rings (SSSR count). The Bertz CT molecular complexity index is 406. The van der Waals surface area contributed by atoms with Gasteiger partial charge in [-0.25, -0.2) is 0 Å². The van der Waals surface area contributed by atoms with Crippen LogP contribution in [0.25, 0.3) is 0 Å². The van der Waals surface area contributed by atoms with Gasteiger partial charge in [-0.1, -0.05) is 34.1 Å². The van der Waals surface area contributed by atoms with Crippen molar-refractivity contribution in [3.8, 4) is 0 Å². The molecule has 4 heteroatoms. The first-order chi connectivity index (χ1) is 8.22. The summed E-state index contributed by atoms with van der Waals surface area (Å²) < 4.78 is 1.06. The highest BCUT2D eigenvalue weighted by Crippen LogP contribution is 2.30. The summed E-state index contributed by atoms with van der Waals surface area (Å²) in [4.78, 5) is 13.9. The second-order valence-corrected chi connectivity index (χ2v) is 5.52. The first-order valence-electron chi connectivity index (χ1n) is 5.81. The van der Waals surface area contributed by atoms with Crippen molar-refractivity contribution in [1.82, 2.24) is 4.90 Å². The molecule has 0 unspecified atom stereocenters. The number of halogens is 2. The first-order valence-corrected chi connectivity index (χ1v) is 7.14. The van der Waals surface area contributed by atoms with E-state index >= 15 is 0 Å². The molecule has 0 bridgehead atoms. The smallest absolute Gasteiger partial charge is 0.224 e. The zero-order chi connectivity index (χ0) is 12.3. The predicted molar refractivity (Wildman–Crippen MR) is 73.1 cm³/mol. The van der Waals surface area contributed by atoms with E-state index in [9.17, 15) is 4.79 Å². The van der Waals surface area contributed by atoms with Gasteiger partial charge in [-0.15, -0.1) is 11.6 Å². The maximum absolute atomic E-state index is 12.0. The third-order valence-electron chi connectivity index (χ3n) is 2.91. The molecular formula is C13H15BrClNO.